The van der Waals surface area contributed by atoms with E-state index in [0.29, 0.717) is 5.92 Å². The summed E-state index contributed by atoms with van der Waals surface area (Å²) in [6, 6.07) is 0. The minimum Gasteiger partial charge on any atom is -0.481 e. The fourth-order valence-corrected chi connectivity index (χ4v) is 5.72. The van der Waals surface area contributed by atoms with Crippen LogP contribution in [0.1, 0.15) is 126 Å². The van der Waals surface area contributed by atoms with E-state index in [2.05, 4.69) is 65.8 Å². The minimum absolute atomic E-state index is 0.0554. The molecule has 0 aromatic rings. The molecule has 1 aliphatic carbocycles. The van der Waals surface area contributed by atoms with Gasteiger partial charge in [-0.25, -0.2) is 0 Å². The Bertz CT molecular complexity index is 830. The molecule has 3 heteroatoms. The highest BCUT2D eigenvalue weighted by molar-refractivity contribution is 5.69. The van der Waals surface area contributed by atoms with Crippen molar-refractivity contribution >= 4 is 5.97 Å². The van der Waals surface area contributed by atoms with Gasteiger partial charge in [0.05, 0.1) is 17.1 Å². The van der Waals surface area contributed by atoms with Crippen LogP contribution in [0.25, 0.3) is 0 Å². The van der Waals surface area contributed by atoms with E-state index in [1.54, 1.807) is 6.92 Å². The van der Waals surface area contributed by atoms with Crippen molar-refractivity contribution in [3.8, 4) is 0 Å². The van der Waals surface area contributed by atoms with E-state index in [-0.39, 0.29) is 17.1 Å². The molecule has 1 heterocycles. The van der Waals surface area contributed by atoms with E-state index in [0.717, 1.165) is 64.2 Å². The normalized spacial score (nSPS) is 28.3. The van der Waals surface area contributed by atoms with Crippen LogP contribution in [0.4, 0.5) is 0 Å². The summed E-state index contributed by atoms with van der Waals surface area (Å²) in [7, 11) is 0. The zero-order valence-corrected chi connectivity index (χ0v) is 23.7. The van der Waals surface area contributed by atoms with E-state index in [4.69, 9.17) is 9.84 Å². The lowest BCUT2D eigenvalue weighted by molar-refractivity contribution is -0.177. The lowest BCUT2D eigenvalue weighted by atomic mass is 9.67. The Balaban J connectivity index is 1.84. The van der Waals surface area contributed by atoms with E-state index < -0.39 is 5.97 Å². The van der Waals surface area contributed by atoms with Gasteiger partial charge in [0.1, 0.15) is 0 Å². The van der Waals surface area contributed by atoms with Crippen molar-refractivity contribution in [1.29, 1.82) is 0 Å². The molecule has 0 radical (unpaired) electrons. The maximum atomic E-state index is 10.9. The molecule has 4 unspecified atom stereocenters. The van der Waals surface area contributed by atoms with E-state index >= 15 is 0 Å². The molecular weight excluding hydrogens is 432 g/mol. The predicted molar refractivity (Wildman–Crippen MR) is 149 cm³/mol. The molecule has 0 spiro atoms. The zero-order valence-electron chi connectivity index (χ0n) is 23.7. The monoisotopic (exact) mass is 484 g/mol. The number of unbranched alkanes of at least 4 members (excludes halogenated alkanes) is 1. The topological polar surface area (TPSA) is 46.5 Å². The van der Waals surface area contributed by atoms with Crippen LogP contribution in [0.15, 0.2) is 46.6 Å². The quantitative estimate of drug-likeness (QED) is 0.250. The first-order valence-corrected chi connectivity index (χ1v) is 14.1. The van der Waals surface area contributed by atoms with E-state index in [9.17, 15) is 4.79 Å². The van der Waals surface area contributed by atoms with Crippen molar-refractivity contribution in [3.05, 3.63) is 46.6 Å². The molecular formula is C32H52O3. The van der Waals surface area contributed by atoms with Gasteiger partial charge < -0.3 is 9.84 Å². The van der Waals surface area contributed by atoms with Crippen molar-refractivity contribution in [2.45, 2.75) is 137 Å². The second-order valence-electron chi connectivity index (χ2n) is 11.7. The zero-order chi connectivity index (χ0) is 26.1. The van der Waals surface area contributed by atoms with Gasteiger partial charge in [0.2, 0.25) is 0 Å². The minimum atomic E-state index is -0.697. The molecule has 2 aliphatic rings. The van der Waals surface area contributed by atoms with E-state index in [1.807, 2.05) is 0 Å². The molecule has 0 bridgehead atoms. The average molecular weight is 485 g/mol. The number of carboxylic acid groups (broad SMARTS) is 1. The summed E-state index contributed by atoms with van der Waals surface area (Å²) in [5.41, 5.74) is 5.67. The molecule has 2 rings (SSSR count). The van der Waals surface area contributed by atoms with Crippen LogP contribution in [-0.2, 0) is 9.53 Å². The third kappa shape index (κ3) is 8.48. The van der Waals surface area contributed by atoms with Crippen LogP contribution in [0.5, 0.6) is 0 Å². The molecule has 4 atom stereocenters. The first-order chi connectivity index (χ1) is 16.5. The van der Waals surface area contributed by atoms with Gasteiger partial charge in [-0.15, -0.1) is 0 Å². The Labute approximate surface area is 215 Å². The first-order valence-electron chi connectivity index (χ1n) is 14.1. The fraction of sp³-hybridized carbons (Fsp3) is 0.719. The lowest BCUT2D eigenvalue weighted by Crippen LogP contribution is -2.53. The summed E-state index contributed by atoms with van der Waals surface area (Å²) >= 11 is 0. The molecule has 3 nitrogen and oxygen atoms in total. The van der Waals surface area contributed by atoms with E-state index in [1.165, 1.54) is 35.1 Å². The number of hydrogen-bond acceptors (Lipinski definition) is 2. The summed E-state index contributed by atoms with van der Waals surface area (Å²) in [5.74, 6) is -0.502. The second kappa shape index (κ2) is 13.6. The van der Waals surface area contributed by atoms with Crippen molar-refractivity contribution < 1.29 is 14.6 Å². The molecule has 0 aromatic heterocycles. The Hall–Kier alpha value is -1.61. The van der Waals surface area contributed by atoms with Crippen LogP contribution in [0.3, 0.4) is 0 Å². The number of carboxylic acids is 1. The molecule has 35 heavy (non-hydrogen) atoms. The Kier molecular flexibility index (Phi) is 11.5. The maximum absolute atomic E-state index is 10.9. The van der Waals surface area contributed by atoms with Gasteiger partial charge in [-0.05, 0) is 97.5 Å². The van der Waals surface area contributed by atoms with Crippen LogP contribution in [0, 0.1) is 11.8 Å². The van der Waals surface area contributed by atoms with Crippen LogP contribution >= 0.6 is 0 Å². The van der Waals surface area contributed by atoms with Crippen molar-refractivity contribution in [2.24, 2.45) is 11.8 Å². The van der Waals surface area contributed by atoms with Crippen molar-refractivity contribution in [1.82, 2.24) is 0 Å². The van der Waals surface area contributed by atoms with Gasteiger partial charge in [-0.2, -0.15) is 0 Å². The third-order valence-corrected chi connectivity index (χ3v) is 8.55. The highest BCUT2D eigenvalue weighted by Gasteiger charge is 2.49. The number of allylic oxidation sites excluding steroid dienone is 6. The number of hydrogen-bond donors (Lipinski definition) is 1. The van der Waals surface area contributed by atoms with Crippen LogP contribution in [0.2, 0.25) is 0 Å². The largest absolute Gasteiger partial charge is 0.481 e. The number of ether oxygens (including phenoxy) is 1. The predicted octanol–water partition coefficient (Wildman–Crippen LogP) is 9.35. The maximum Gasteiger partial charge on any atom is 0.306 e. The molecule has 1 fully saturated rings. The summed E-state index contributed by atoms with van der Waals surface area (Å²) < 4.78 is 7.13. The summed E-state index contributed by atoms with van der Waals surface area (Å²) in [5, 5.41) is 9.00. The van der Waals surface area contributed by atoms with Gasteiger partial charge in [-0.3, -0.25) is 4.79 Å². The Morgan fingerprint density at radius 2 is 1.80 bits per heavy atom. The average Bonchev–Trinajstić information content (AvgIpc) is 2.80. The number of fused-ring (bicyclic) bond motifs is 1. The first kappa shape index (κ1) is 29.6. The molecule has 0 aromatic carbocycles. The van der Waals surface area contributed by atoms with Crippen LogP contribution < -0.4 is 0 Å². The second-order valence-corrected chi connectivity index (χ2v) is 11.7. The highest BCUT2D eigenvalue weighted by atomic mass is 16.5. The van der Waals surface area contributed by atoms with Crippen molar-refractivity contribution in [3.63, 3.8) is 0 Å². The van der Waals surface area contributed by atoms with Crippen molar-refractivity contribution in [2.75, 3.05) is 0 Å². The van der Waals surface area contributed by atoms with Gasteiger partial charge in [0.25, 0.3) is 0 Å². The summed E-state index contributed by atoms with van der Waals surface area (Å²) in [4.78, 5) is 10.9. The van der Waals surface area contributed by atoms with Crippen LogP contribution in [-0.4, -0.2) is 22.3 Å². The SMILES string of the molecule is CCCCC12OC(C)(CCC=C(C)CCCC(C)=CCCC(C)C(=O)O)CCC1=CC=C(C)C2C. The standard InChI is InChI=1S/C32H52O3/c1-8-9-22-32-28(6)26(4)18-19-29(32)20-23-31(7,35-32)21-12-16-25(3)14-10-13-24(2)15-11-17-27(5)30(33)34/h15-16,18-19,27-28H,8-14,17,20-23H2,1-7H3,(H,33,34). The molecule has 0 amide bonds. The summed E-state index contributed by atoms with van der Waals surface area (Å²) in [6.07, 6.45) is 22.3. The number of carbonyl (C=O) groups is 1. The number of aliphatic carboxylic acids is 1. The molecule has 1 aliphatic heterocycles. The molecule has 0 saturated carbocycles. The molecule has 1 N–H and O–H groups in total. The van der Waals surface area contributed by atoms with Gasteiger partial charge >= 0.3 is 5.97 Å². The molecule has 198 valence electrons. The van der Waals surface area contributed by atoms with Gasteiger partial charge in [0.15, 0.2) is 0 Å². The highest BCUT2D eigenvalue weighted by Crippen LogP contribution is 2.51. The smallest absolute Gasteiger partial charge is 0.306 e. The van der Waals surface area contributed by atoms with Gasteiger partial charge in [0, 0.05) is 5.92 Å². The molecule has 1 saturated heterocycles. The van der Waals surface area contributed by atoms with Gasteiger partial charge in [-0.1, -0.05) is 74.6 Å². The summed E-state index contributed by atoms with van der Waals surface area (Å²) in [6.45, 7) is 15.5. The Morgan fingerprint density at radius 1 is 1.14 bits per heavy atom. The Morgan fingerprint density at radius 3 is 2.43 bits per heavy atom. The number of rotatable bonds is 14. The third-order valence-electron chi connectivity index (χ3n) is 8.55. The fourth-order valence-electron chi connectivity index (χ4n) is 5.72. The lowest BCUT2D eigenvalue weighted by Gasteiger charge is -2.53.